The van der Waals surface area contributed by atoms with Crippen molar-refractivity contribution < 1.29 is 24.2 Å². The molecule has 1 heterocycles. The highest BCUT2D eigenvalue weighted by Crippen LogP contribution is 2.07. The summed E-state index contributed by atoms with van der Waals surface area (Å²) in [6.07, 6.45) is 0.168. The number of nitrogens with zero attached hydrogens (tertiary/aromatic N) is 1. The maximum atomic E-state index is 11.8. The second-order valence-electron chi connectivity index (χ2n) is 4.06. The lowest BCUT2D eigenvalue weighted by Gasteiger charge is -2.32. The summed E-state index contributed by atoms with van der Waals surface area (Å²) in [4.78, 5) is 35.2. The second-order valence-corrected chi connectivity index (χ2v) is 4.06. The molecule has 0 aliphatic carbocycles. The Kier molecular flexibility index (Phi) is 6.07. The van der Waals surface area contributed by atoms with Crippen LogP contribution >= 0.6 is 0 Å². The van der Waals surface area contributed by atoms with E-state index in [1.54, 1.807) is 0 Å². The lowest BCUT2D eigenvalue weighted by Crippen LogP contribution is -2.55. The number of rotatable bonds is 5. The van der Waals surface area contributed by atoms with E-state index in [1.165, 1.54) is 4.90 Å². The Morgan fingerprint density at radius 3 is 2.74 bits per heavy atom. The minimum Gasteiger partial charge on any atom is -0.480 e. The molecule has 19 heavy (non-hydrogen) atoms. The number of carbonyl (C=O) groups is 3. The molecule has 108 valence electrons. The van der Waals surface area contributed by atoms with Crippen molar-refractivity contribution in [3.8, 4) is 0 Å². The van der Waals surface area contributed by atoms with E-state index in [0.29, 0.717) is 13.2 Å². The molecular weight excluding hydrogens is 254 g/mol. The minimum absolute atomic E-state index is 0.0148. The summed E-state index contributed by atoms with van der Waals surface area (Å²) in [7, 11) is 0. The van der Waals surface area contributed by atoms with Crippen molar-refractivity contribution in [2.24, 2.45) is 0 Å². The molecule has 3 amide bonds. The van der Waals surface area contributed by atoms with E-state index in [2.05, 4.69) is 10.6 Å². The minimum atomic E-state index is -1.10. The molecule has 0 radical (unpaired) electrons. The van der Waals surface area contributed by atoms with Crippen molar-refractivity contribution in [3.05, 3.63) is 0 Å². The van der Waals surface area contributed by atoms with Gasteiger partial charge >= 0.3 is 12.0 Å². The highest BCUT2D eigenvalue weighted by molar-refractivity contribution is 5.83. The molecule has 1 fully saturated rings. The van der Waals surface area contributed by atoms with Gasteiger partial charge in [0.1, 0.15) is 0 Å². The molecule has 0 aromatic heterocycles. The number of hydrogen-bond donors (Lipinski definition) is 3. The van der Waals surface area contributed by atoms with E-state index in [9.17, 15) is 14.4 Å². The number of urea groups is 1. The Balaban J connectivity index is 2.38. The maximum absolute atomic E-state index is 11.8. The van der Waals surface area contributed by atoms with Crippen molar-refractivity contribution >= 4 is 17.9 Å². The Hall–Kier alpha value is -1.83. The fourth-order valence-electron chi connectivity index (χ4n) is 1.72. The van der Waals surface area contributed by atoms with E-state index in [-0.39, 0.29) is 32.0 Å². The monoisotopic (exact) mass is 273 g/mol. The van der Waals surface area contributed by atoms with Crippen LogP contribution in [0, 0.1) is 0 Å². The first-order valence-electron chi connectivity index (χ1n) is 6.18. The van der Waals surface area contributed by atoms with Crippen LogP contribution in [0.25, 0.3) is 0 Å². The van der Waals surface area contributed by atoms with Crippen LogP contribution in [0.3, 0.4) is 0 Å². The van der Waals surface area contributed by atoms with Gasteiger partial charge in [-0.1, -0.05) is 0 Å². The predicted molar refractivity (Wildman–Crippen MR) is 65.6 cm³/mol. The summed E-state index contributed by atoms with van der Waals surface area (Å²) >= 11 is 0. The van der Waals surface area contributed by atoms with Gasteiger partial charge in [0.2, 0.25) is 5.91 Å². The maximum Gasteiger partial charge on any atom is 0.328 e. The average Bonchev–Trinajstić information content (AvgIpc) is 2.38. The first-order chi connectivity index (χ1) is 9.06. The molecule has 0 aromatic rings. The van der Waals surface area contributed by atoms with Gasteiger partial charge in [-0.2, -0.15) is 0 Å². The van der Waals surface area contributed by atoms with E-state index in [0.717, 1.165) is 0 Å². The molecule has 1 aliphatic rings. The largest absolute Gasteiger partial charge is 0.480 e. The molecule has 1 aliphatic heterocycles. The fourth-order valence-corrected chi connectivity index (χ4v) is 1.72. The van der Waals surface area contributed by atoms with Crippen molar-refractivity contribution in [2.75, 3.05) is 32.8 Å². The predicted octanol–water partition coefficient (Wildman–Crippen LogP) is -0.992. The number of aliphatic carboxylic acids is 1. The topological polar surface area (TPSA) is 108 Å². The highest BCUT2D eigenvalue weighted by atomic mass is 16.5. The molecule has 0 saturated carbocycles. The average molecular weight is 273 g/mol. The van der Waals surface area contributed by atoms with Crippen LogP contribution in [0.4, 0.5) is 4.79 Å². The molecule has 1 atom stereocenters. The summed E-state index contributed by atoms with van der Waals surface area (Å²) in [6.45, 7) is 3.05. The number of hydrogen-bond acceptors (Lipinski definition) is 4. The van der Waals surface area contributed by atoms with Gasteiger partial charge in [-0.25, -0.2) is 9.59 Å². The van der Waals surface area contributed by atoms with Crippen LogP contribution in [0.15, 0.2) is 0 Å². The molecule has 1 unspecified atom stereocenters. The van der Waals surface area contributed by atoms with Crippen LogP contribution in [0.2, 0.25) is 0 Å². The SMILES string of the molecule is CCNC(=O)CCNC(=O)N1CCOCC1C(=O)O. The molecule has 0 aromatic carbocycles. The van der Waals surface area contributed by atoms with Gasteiger partial charge in [-0.3, -0.25) is 4.79 Å². The lowest BCUT2D eigenvalue weighted by molar-refractivity contribution is -0.147. The lowest BCUT2D eigenvalue weighted by atomic mass is 10.2. The summed E-state index contributed by atoms with van der Waals surface area (Å²) in [5, 5.41) is 14.1. The number of carboxylic acids is 1. The van der Waals surface area contributed by atoms with Crippen molar-refractivity contribution in [2.45, 2.75) is 19.4 Å². The van der Waals surface area contributed by atoms with E-state index < -0.39 is 18.0 Å². The van der Waals surface area contributed by atoms with Crippen LogP contribution in [0.1, 0.15) is 13.3 Å². The number of morpholine rings is 1. The Morgan fingerprint density at radius 1 is 1.37 bits per heavy atom. The standard InChI is InChI=1S/C11H19N3O5/c1-2-12-9(15)3-4-13-11(18)14-5-6-19-7-8(14)10(16)17/h8H,2-7H2,1H3,(H,12,15)(H,13,18)(H,16,17). The van der Waals surface area contributed by atoms with Gasteiger partial charge in [0.25, 0.3) is 0 Å². The van der Waals surface area contributed by atoms with Crippen molar-refractivity contribution in [1.29, 1.82) is 0 Å². The number of nitrogens with one attached hydrogen (secondary N) is 2. The quantitative estimate of drug-likeness (QED) is 0.596. The Bertz CT molecular complexity index is 347. The van der Waals surface area contributed by atoms with Gasteiger partial charge < -0.3 is 25.4 Å². The second kappa shape index (κ2) is 7.57. The Morgan fingerprint density at radius 2 is 2.11 bits per heavy atom. The molecule has 0 spiro atoms. The number of carboxylic acid groups (broad SMARTS) is 1. The van der Waals surface area contributed by atoms with Gasteiger partial charge in [0.15, 0.2) is 6.04 Å². The zero-order valence-electron chi connectivity index (χ0n) is 10.8. The van der Waals surface area contributed by atoms with Gasteiger partial charge in [0, 0.05) is 26.1 Å². The van der Waals surface area contributed by atoms with Crippen molar-refractivity contribution in [1.82, 2.24) is 15.5 Å². The third-order valence-electron chi connectivity index (χ3n) is 2.68. The molecule has 1 saturated heterocycles. The molecular formula is C11H19N3O5. The highest BCUT2D eigenvalue weighted by Gasteiger charge is 2.32. The van der Waals surface area contributed by atoms with Crippen LogP contribution in [0.5, 0.6) is 0 Å². The zero-order valence-corrected chi connectivity index (χ0v) is 10.8. The smallest absolute Gasteiger partial charge is 0.328 e. The van der Waals surface area contributed by atoms with E-state index in [4.69, 9.17) is 9.84 Å². The molecule has 1 rings (SSSR count). The van der Waals surface area contributed by atoms with Crippen molar-refractivity contribution in [3.63, 3.8) is 0 Å². The van der Waals surface area contributed by atoms with Crippen LogP contribution in [-0.2, 0) is 14.3 Å². The van der Waals surface area contributed by atoms with E-state index in [1.807, 2.05) is 6.92 Å². The van der Waals surface area contributed by atoms with Gasteiger partial charge in [-0.15, -0.1) is 0 Å². The molecule has 3 N–H and O–H groups in total. The number of carbonyl (C=O) groups excluding carboxylic acids is 2. The molecule has 8 nitrogen and oxygen atoms in total. The normalized spacial score (nSPS) is 18.8. The summed E-state index contributed by atoms with van der Waals surface area (Å²) in [6, 6.07) is -1.46. The summed E-state index contributed by atoms with van der Waals surface area (Å²) in [5.74, 6) is -1.25. The van der Waals surface area contributed by atoms with E-state index >= 15 is 0 Å². The zero-order chi connectivity index (χ0) is 14.3. The summed E-state index contributed by atoms with van der Waals surface area (Å²) < 4.78 is 5.03. The molecule has 8 heteroatoms. The summed E-state index contributed by atoms with van der Waals surface area (Å²) in [5.41, 5.74) is 0. The van der Waals surface area contributed by atoms with Gasteiger partial charge in [-0.05, 0) is 6.92 Å². The Labute approximate surface area is 111 Å². The van der Waals surface area contributed by atoms with Crippen LogP contribution in [-0.4, -0.2) is 66.8 Å². The fraction of sp³-hybridized carbons (Fsp3) is 0.727. The third-order valence-corrected chi connectivity index (χ3v) is 2.68. The van der Waals surface area contributed by atoms with Gasteiger partial charge in [0.05, 0.1) is 13.2 Å². The van der Waals surface area contributed by atoms with Crippen LogP contribution < -0.4 is 10.6 Å². The first-order valence-corrected chi connectivity index (χ1v) is 6.18. The first kappa shape index (κ1) is 15.2. The number of amides is 3. The third kappa shape index (κ3) is 4.74. The number of ether oxygens (including phenoxy) is 1. The molecule has 0 bridgehead atoms.